The quantitative estimate of drug-likeness (QED) is 0.748. The minimum atomic E-state index is -0.482. The lowest BCUT2D eigenvalue weighted by molar-refractivity contribution is -0.121. The van der Waals surface area contributed by atoms with E-state index in [0.29, 0.717) is 12.8 Å². The molecule has 0 atom stereocenters. The molecule has 0 unspecified atom stereocenters. The fourth-order valence-corrected chi connectivity index (χ4v) is 1.61. The summed E-state index contributed by atoms with van der Waals surface area (Å²) in [7, 11) is 0. The summed E-state index contributed by atoms with van der Waals surface area (Å²) in [5.74, 6) is 0.0830. The number of carbonyl (C=O) groups excluding carboxylic acids is 2. The molecule has 0 aromatic rings. The van der Waals surface area contributed by atoms with Crippen LogP contribution in [0.4, 0.5) is 4.79 Å². The van der Waals surface area contributed by atoms with Gasteiger partial charge in [0.05, 0.1) is 0 Å². The number of hydrogen-bond donors (Lipinski definition) is 1. The molecule has 0 bridgehead atoms. The summed E-state index contributed by atoms with van der Waals surface area (Å²) in [6.45, 7) is 8.89. The molecule has 1 rings (SSSR count). The van der Waals surface area contributed by atoms with Gasteiger partial charge < -0.3 is 10.1 Å². The van der Waals surface area contributed by atoms with Gasteiger partial charge in [-0.05, 0) is 39.7 Å². The van der Waals surface area contributed by atoms with Gasteiger partial charge in [-0.1, -0.05) is 6.58 Å². The Balaban J connectivity index is 2.25. The fourth-order valence-electron chi connectivity index (χ4n) is 1.61. The average Bonchev–Trinajstić information content (AvgIpc) is 2.06. The normalized spacial score (nSPS) is 24.2. The van der Waals surface area contributed by atoms with E-state index in [1.54, 1.807) is 0 Å². The largest absolute Gasteiger partial charge is 0.444 e. The Morgan fingerprint density at radius 3 is 2.38 bits per heavy atom. The first kappa shape index (κ1) is 12.7. The monoisotopic (exact) mass is 225 g/mol. The Morgan fingerprint density at radius 1 is 1.38 bits per heavy atom. The van der Waals surface area contributed by atoms with Crippen molar-refractivity contribution in [3.63, 3.8) is 0 Å². The Kier molecular flexibility index (Phi) is 3.73. The molecule has 16 heavy (non-hydrogen) atoms. The highest BCUT2D eigenvalue weighted by molar-refractivity contribution is 5.92. The minimum absolute atomic E-state index is 0.0254. The second-order valence-corrected chi connectivity index (χ2v) is 5.12. The van der Waals surface area contributed by atoms with E-state index in [1.807, 2.05) is 20.8 Å². The number of alkyl carbamates (subject to hydrolysis) is 1. The smallest absolute Gasteiger partial charge is 0.407 e. The van der Waals surface area contributed by atoms with Crippen LogP contribution in [0.25, 0.3) is 0 Å². The molecule has 1 saturated carbocycles. The lowest BCUT2D eigenvalue weighted by Crippen LogP contribution is -2.47. The summed E-state index contributed by atoms with van der Waals surface area (Å²) in [5, 5.41) is 2.73. The topological polar surface area (TPSA) is 55.4 Å². The van der Waals surface area contributed by atoms with Crippen molar-refractivity contribution in [2.75, 3.05) is 0 Å². The molecule has 1 amide bonds. The average molecular weight is 225 g/mol. The third-order valence-electron chi connectivity index (χ3n) is 2.46. The summed E-state index contributed by atoms with van der Waals surface area (Å²) in [5.41, 5.74) is -0.482. The summed E-state index contributed by atoms with van der Waals surface area (Å²) < 4.78 is 5.11. The molecule has 0 spiro atoms. The molecule has 1 fully saturated rings. The maximum atomic E-state index is 11.4. The van der Waals surface area contributed by atoms with Crippen molar-refractivity contribution >= 4 is 11.9 Å². The molecular weight excluding hydrogens is 206 g/mol. The predicted octanol–water partition coefficient (Wildman–Crippen LogP) is 2.04. The second kappa shape index (κ2) is 4.68. The highest BCUT2D eigenvalue weighted by Gasteiger charge is 2.34. The van der Waals surface area contributed by atoms with E-state index in [0.717, 1.165) is 0 Å². The van der Waals surface area contributed by atoms with Gasteiger partial charge in [0.25, 0.3) is 0 Å². The van der Waals surface area contributed by atoms with Crippen LogP contribution < -0.4 is 5.32 Å². The van der Waals surface area contributed by atoms with E-state index in [-0.39, 0.29) is 17.7 Å². The van der Waals surface area contributed by atoms with E-state index < -0.39 is 11.7 Å². The number of ketones is 1. The van der Waals surface area contributed by atoms with E-state index >= 15 is 0 Å². The molecule has 1 N–H and O–H groups in total. The van der Waals surface area contributed by atoms with Crippen LogP contribution in [0.3, 0.4) is 0 Å². The van der Waals surface area contributed by atoms with Crippen LogP contribution in [0.1, 0.15) is 33.6 Å². The third-order valence-corrected chi connectivity index (χ3v) is 2.46. The molecule has 0 radical (unpaired) electrons. The molecule has 4 heteroatoms. The van der Waals surface area contributed by atoms with Crippen LogP contribution in [0.5, 0.6) is 0 Å². The van der Waals surface area contributed by atoms with Crippen molar-refractivity contribution in [2.24, 2.45) is 5.92 Å². The Hall–Kier alpha value is -1.32. The lowest BCUT2D eigenvalue weighted by atomic mass is 9.77. The number of rotatable bonds is 3. The maximum Gasteiger partial charge on any atom is 0.407 e. The molecule has 1 aliphatic rings. The molecule has 0 aromatic carbocycles. The first-order chi connectivity index (χ1) is 7.31. The van der Waals surface area contributed by atoms with Crippen molar-refractivity contribution in [1.29, 1.82) is 0 Å². The summed E-state index contributed by atoms with van der Waals surface area (Å²) in [4.78, 5) is 22.6. The van der Waals surface area contributed by atoms with Crippen LogP contribution in [0.15, 0.2) is 12.7 Å². The zero-order valence-corrected chi connectivity index (χ0v) is 10.1. The highest BCUT2D eigenvalue weighted by atomic mass is 16.6. The standard InChI is InChI=1S/C12H19NO3/c1-5-10(14)8-6-9(7-8)13-11(15)16-12(2,3)4/h5,8-9H,1,6-7H2,2-4H3,(H,13,15). The van der Waals surface area contributed by atoms with Crippen LogP contribution in [0.2, 0.25) is 0 Å². The first-order valence-electron chi connectivity index (χ1n) is 5.47. The lowest BCUT2D eigenvalue weighted by Gasteiger charge is -2.34. The van der Waals surface area contributed by atoms with Gasteiger partial charge in [0, 0.05) is 12.0 Å². The molecule has 0 heterocycles. The first-order valence-corrected chi connectivity index (χ1v) is 5.47. The van der Waals surface area contributed by atoms with Crippen molar-refractivity contribution < 1.29 is 14.3 Å². The van der Waals surface area contributed by atoms with Crippen LogP contribution in [0, 0.1) is 5.92 Å². The van der Waals surface area contributed by atoms with Crippen molar-refractivity contribution in [3.05, 3.63) is 12.7 Å². The van der Waals surface area contributed by atoms with Gasteiger partial charge >= 0.3 is 6.09 Å². The van der Waals surface area contributed by atoms with E-state index in [4.69, 9.17) is 4.74 Å². The molecule has 90 valence electrons. The molecule has 4 nitrogen and oxygen atoms in total. The molecule has 0 saturated heterocycles. The number of allylic oxidation sites excluding steroid dienone is 1. The van der Waals surface area contributed by atoms with Crippen LogP contribution in [-0.2, 0) is 9.53 Å². The van der Waals surface area contributed by atoms with E-state index in [9.17, 15) is 9.59 Å². The Morgan fingerprint density at radius 2 is 1.94 bits per heavy atom. The van der Waals surface area contributed by atoms with Crippen LogP contribution in [-0.4, -0.2) is 23.5 Å². The van der Waals surface area contributed by atoms with E-state index in [1.165, 1.54) is 6.08 Å². The van der Waals surface area contributed by atoms with Gasteiger partial charge in [0.2, 0.25) is 0 Å². The van der Waals surface area contributed by atoms with Crippen molar-refractivity contribution in [3.8, 4) is 0 Å². The van der Waals surface area contributed by atoms with E-state index in [2.05, 4.69) is 11.9 Å². The molecule has 1 aliphatic carbocycles. The molecule has 0 aromatic heterocycles. The predicted molar refractivity (Wildman–Crippen MR) is 61.1 cm³/mol. The summed E-state index contributed by atoms with van der Waals surface area (Å²) >= 11 is 0. The van der Waals surface area contributed by atoms with Crippen molar-refractivity contribution in [1.82, 2.24) is 5.32 Å². The Bertz CT molecular complexity index is 298. The van der Waals surface area contributed by atoms with Crippen LogP contribution >= 0.6 is 0 Å². The minimum Gasteiger partial charge on any atom is -0.444 e. The highest BCUT2D eigenvalue weighted by Crippen LogP contribution is 2.28. The Labute approximate surface area is 96.0 Å². The van der Waals surface area contributed by atoms with Gasteiger partial charge in [0.15, 0.2) is 5.78 Å². The van der Waals surface area contributed by atoms with Gasteiger partial charge in [-0.25, -0.2) is 4.79 Å². The zero-order valence-electron chi connectivity index (χ0n) is 10.1. The number of carbonyl (C=O) groups is 2. The number of amides is 1. The fraction of sp³-hybridized carbons (Fsp3) is 0.667. The number of ether oxygens (including phenoxy) is 1. The zero-order chi connectivity index (χ0) is 12.3. The summed E-state index contributed by atoms with van der Waals surface area (Å²) in [6, 6.07) is 0.0590. The van der Waals surface area contributed by atoms with Gasteiger partial charge in [-0.3, -0.25) is 4.79 Å². The number of nitrogens with one attached hydrogen (secondary N) is 1. The second-order valence-electron chi connectivity index (χ2n) is 5.12. The third kappa shape index (κ3) is 3.68. The summed E-state index contributed by atoms with van der Waals surface area (Å²) in [6.07, 6.45) is 2.30. The van der Waals surface area contributed by atoms with Crippen molar-refractivity contribution in [2.45, 2.75) is 45.3 Å². The van der Waals surface area contributed by atoms with Gasteiger partial charge in [-0.2, -0.15) is 0 Å². The van der Waals surface area contributed by atoms with Gasteiger partial charge in [0.1, 0.15) is 5.60 Å². The SMILES string of the molecule is C=CC(=O)C1CC(NC(=O)OC(C)(C)C)C1. The number of hydrogen-bond acceptors (Lipinski definition) is 3. The van der Waals surface area contributed by atoms with Gasteiger partial charge in [-0.15, -0.1) is 0 Å². The maximum absolute atomic E-state index is 11.4. The molecule has 0 aliphatic heterocycles. The molecular formula is C12H19NO3.